The van der Waals surface area contributed by atoms with Gasteiger partial charge in [-0.1, -0.05) is 5.16 Å². The summed E-state index contributed by atoms with van der Waals surface area (Å²) in [6.45, 7) is 2.65. The van der Waals surface area contributed by atoms with Gasteiger partial charge in [-0.2, -0.15) is 5.10 Å². The quantitative estimate of drug-likeness (QED) is 0.133. The second kappa shape index (κ2) is 8.99. The van der Waals surface area contributed by atoms with Crippen molar-refractivity contribution in [2.45, 2.75) is 37.1 Å². The minimum Gasteiger partial charge on any atom is -0.772 e. The van der Waals surface area contributed by atoms with Crippen molar-refractivity contribution in [1.29, 1.82) is 0 Å². The van der Waals surface area contributed by atoms with Crippen LogP contribution in [0.15, 0.2) is 33.9 Å². The lowest BCUT2D eigenvalue weighted by atomic mass is 9.92. The molecule has 0 bridgehead atoms. The van der Waals surface area contributed by atoms with Crippen LogP contribution in [0.3, 0.4) is 0 Å². The largest absolute Gasteiger partial charge is 0.772 e. The maximum absolute atomic E-state index is 12.3. The summed E-state index contributed by atoms with van der Waals surface area (Å²) in [6, 6.07) is 2.82. The van der Waals surface area contributed by atoms with E-state index < -0.39 is 51.4 Å². The topological polar surface area (TPSA) is 206 Å². The van der Waals surface area contributed by atoms with E-state index in [-0.39, 0.29) is 23.6 Å². The fourth-order valence-corrected chi connectivity index (χ4v) is 3.84. The van der Waals surface area contributed by atoms with Crippen LogP contribution in [-0.2, 0) is 20.7 Å². The number of phenolic OH excluding ortho intramolecular Hbond substituents is 2. The van der Waals surface area contributed by atoms with Gasteiger partial charge in [0.25, 0.3) is 0 Å². The molecule has 1 fully saturated rings. The van der Waals surface area contributed by atoms with Crippen LogP contribution in [-0.4, -0.2) is 75.0 Å². The highest BCUT2D eigenvalue weighted by Gasteiger charge is 2.51. The summed E-state index contributed by atoms with van der Waals surface area (Å²) in [5, 5.41) is 35.8. The zero-order valence-corrected chi connectivity index (χ0v) is 18.1. The summed E-state index contributed by atoms with van der Waals surface area (Å²) in [5.74, 6) is -4.05. The first-order chi connectivity index (χ1) is 15.5. The Morgan fingerprint density at radius 3 is 2.64 bits per heavy atom. The predicted octanol–water partition coefficient (Wildman–Crippen LogP) is 0.180. The van der Waals surface area contributed by atoms with Gasteiger partial charge < -0.3 is 29.3 Å². The molecular formula is C19H19N4O9S-. The summed E-state index contributed by atoms with van der Waals surface area (Å²) < 4.78 is 26.6. The third-order valence-electron chi connectivity index (χ3n) is 5.14. The van der Waals surface area contributed by atoms with E-state index in [0.29, 0.717) is 5.56 Å². The summed E-state index contributed by atoms with van der Waals surface area (Å²) in [7, 11) is 0. The van der Waals surface area contributed by atoms with Crippen molar-refractivity contribution in [3.05, 3.63) is 30.0 Å². The average Bonchev–Trinajstić information content (AvgIpc) is 3.23. The van der Waals surface area contributed by atoms with Gasteiger partial charge >= 0.3 is 11.9 Å². The van der Waals surface area contributed by atoms with Crippen LogP contribution in [0.2, 0.25) is 0 Å². The Balaban J connectivity index is 1.78. The molecule has 0 radical (unpaired) electrons. The van der Waals surface area contributed by atoms with E-state index in [4.69, 9.17) is 4.52 Å². The number of nitrogens with one attached hydrogen (secondary N) is 1. The van der Waals surface area contributed by atoms with Crippen molar-refractivity contribution >= 4 is 35.1 Å². The number of β-lactam (4-membered cyclic amide) rings is 1. The minimum absolute atomic E-state index is 0.0892. The van der Waals surface area contributed by atoms with Gasteiger partial charge in [-0.3, -0.25) is 13.8 Å². The maximum atomic E-state index is 12.3. The van der Waals surface area contributed by atoms with E-state index in [1.54, 1.807) is 6.92 Å². The molecule has 13 nitrogen and oxygen atoms in total. The number of benzene rings is 1. The minimum atomic E-state index is -3.03. The summed E-state index contributed by atoms with van der Waals surface area (Å²) in [5.41, 5.74) is 2.51. The number of rotatable bonds is 8. The number of aromatic nitrogens is 1. The van der Waals surface area contributed by atoms with Crippen molar-refractivity contribution in [3.63, 3.8) is 0 Å². The van der Waals surface area contributed by atoms with E-state index in [1.807, 2.05) is 5.43 Å². The number of phenols is 2. The van der Waals surface area contributed by atoms with E-state index >= 15 is 0 Å². The molecular weight excluding hydrogens is 460 g/mol. The van der Waals surface area contributed by atoms with Gasteiger partial charge in [-0.25, -0.2) is 10.2 Å². The number of carbonyl (C=O) groups is 3. The van der Waals surface area contributed by atoms with Crippen molar-refractivity contribution in [1.82, 2.24) is 15.5 Å². The number of hydrogen-bond acceptors (Lipinski definition) is 10. The number of aromatic hydroxyl groups is 2. The third-order valence-corrected chi connectivity index (χ3v) is 6.19. The molecule has 1 aliphatic heterocycles. The summed E-state index contributed by atoms with van der Waals surface area (Å²) >= 11 is -3.03. The van der Waals surface area contributed by atoms with Crippen LogP contribution in [0.5, 0.6) is 11.5 Å². The van der Waals surface area contributed by atoms with Crippen molar-refractivity contribution < 1.29 is 43.0 Å². The first kappa shape index (κ1) is 23.9. The summed E-state index contributed by atoms with van der Waals surface area (Å²) in [4.78, 5) is 36.9. The van der Waals surface area contributed by atoms with Crippen LogP contribution < -0.4 is 5.43 Å². The van der Waals surface area contributed by atoms with Gasteiger partial charge in [0, 0.05) is 30.3 Å². The molecule has 1 aromatic heterocycles. The smallest absolute Gasteiger partial charge is 0.328 e. The number of likely N-dealkylation sites (tertiary alicyclic amines) is 1. The van der Waals surface area contributed by atoms with Crippen LogP contribution in [0, 0.1) is 0 Å². The average molecular weight is 479 g/mol. The molecule has 33 heavy (non-hydrogen) atoms. The molecule has 3 rings (SSSR count). The van der Waals surface area contributed by atoms with Crippen LogP contribution in [0.25, 0.3) is 11.3 Å². The number of nitrogens with zero attached hydrogens (tertiary/aromatic N) is 3. The van der Waals surface area contributed by atoms with Gasteiger partial charge in [-0.05, 0) is 43.1 Å². The van der Waals surface area contributed by atoms with Crippen molar-refractivity contribution in [3.8, 4) is 22.8 Å². The van der Waals surface area contributed by atoms with Gasteiger partial charge in [0.2, 0.25) is 11.7 Å². The monoisotopic (exact) mass is 479 g/mol. The number of carboxylic acid groups (broad SMARTS) is 1. The lowest BCUT2D eigenvalue weighted by molar-refractivity contribution is -0.161. The Labute approximate surface area is 189 Å². The highest BCUT2D eigenvalue weighted by atomic mass is 32.2. The molecule has 1 aromatic carbocycles. The fourth-order valence-electron chi connectivity index (χ4n) is 3.31. The molecule has 4 atom stereocenters. The Hall–Kier alpha value is -3.78. The van der Waals surface area contributed by atoms with Gasteiger partial charge in [0.1, 0.15) is 5.69 Å². The number of carbonyl (C=O) groups excluding carboxylic acids is 2. The first-order valence-corrected chi connectivity index (χ1v) is 10.5. The molecule has 14 heteroatoms. The lowest BCUT2D eigenvalue weighted by Crippen LogP contribution is -2.67. The highest BCUT2D eigenvalue weighted by Crippen LogP contribution is 2.31. The Morgan fingerprint density at radius 2 is 2.09 bits per heavy atom. The maximum Gasteiger partial charge on any atom is 0.328 e. The zero-order chi connectivity index (χ0) is 24.5. The van der Waals surface area contributed by atoms with E-state index in [0.717, 1.165) is 18.0 Å². The summed E-state index contributed by atoms with van der Waals surface area (Å²) in [6.07, 6.45) is 0.812. The van der Waals surface area contributed by atoms with Crippen LogP contribution >= 0.6 is 0 Å². The molecule has 176 valence electrons. The van der Waals surface area contributed by atoms with E-state index in [9.17, 15) is 38.5 Å². The molecule has 2 aromatic rings. The Kier molecular flexibility index (Phi) is 6.51. The van der Waals surface area contributed by atoms with E-state index in [1.165, 1.54) is 24.3 Å². The molecule has 2 amide bonds. The first-order valence-electron chi connectivity index (χ1n) is 9.42. The number of hydrazone groups is 1. The van der Waals surface area contributed by atoms with Crippen LogP contribution in [0.1, 0.15) is 30.8 Å². The second-order valence-electron chi connectivity index (χ2n) is 7.49. The molecule has 0 saturated carbocycles. The van der Waals surface area contributed by atoms with Gasteiger partial charge in [0.05, 0.1) is 4.75 Å². The molecule has 2 heterocycles. The SMILES string of the molecule is C[C@@H]1CC(=O)N1[C@@H](C(=O)O)[C@](C)(/C=N/NC(=O)c1cc(-c2ccc(O)c(O)c2)no1)S(=O)[O-]. The third kappa shape index (κ3) is 4.56. The lowest BCUT2D eigenvalue weighted by Gasteiger charge is -2.48. The highest BCUT2D eigenvalue weighted by molar-refractivity contribution is 7.81. The Morgan fingerprint density at radius 1 is 1.39 bits per heavy atom. The van der Waals surface area contributed by atoms with Crippen molar-refractivity contribution in [2.75, 3.05) is 0 Å². The van der Waals surface area contributed by atoms with Gasteiger partial charge in [0.15, 0.2) is 17.5 Å². The van der Waals surface area contributed by atoms with Crippen LogP contribution in [0.4, 0.5) is 0 Å². The number of aliphatic carboxylic acids is 1. The van der Waals surface area contributed by atoms with E-state index in [2.05, 4.69) is 10.3 Å². The standard InChI is InChI=1S/C19H20N4O9S/c1-9-5-15(26)23(9)16(18(28)29)19(2,33(30)31)8-20-21-17(27)14-7-11(22-32-14)10-3-4-12(24)13(25)6-10/h3-4,6-9,16,24-25H,5H2,1-2H3,(H,21,27)(H,28,29)(H,30,31)/p-1/b20-8+/t9-,16+,19+/m1/s1. The number of carboxylic acids is 1. The predicted molar refractivity (Wildman–Crippen MR) is 111 cm³/mol. The number of amides is 2. The van der Waals surface area contributed by atoms with Crippen molar-refractivity contribution in [2.24, 2.45) is 5.10 Å². The molecule has 1 saturated heterocycles. The Bertz CT molecular complexity index is 1160. The second-order valence-corrected chi connectivity index (χ2v) is 8.84. The van der Waals surface area contributed by atoms with Gasteiger partial charge in [-0.15, -0.1) is 0 Å². The molecule has 4 N–H and O–H groups in total. The number of hydrogen-bond donors (Lipinski definition) is 4. The normalized spacial score (nSPS) is 19.5. The molecule has 1 aliphatic rings. The molecule has 0 aliphatic carbocycles. The zero-order valence-electron chi connectivity index (χ0n) is 17.3. The molecule has 1 unspecified atom stereocenters. The fraction of sp³-hybridized carbons (Fsp3) is 0.316. The molecule has 0 spiro atoms.